The number of amides is 1. The molecule has 2 fully saturated rings. The standard InChI is InChI=1S/C20H21N3O2S2/c1-3-23-15-9-5-4-8-13(15)17(22-10-6-7-11-22)14(18(23)24)12-16-19(25)21(2)20(26)27-16/h4-5,8-9,12H,3,6-7,10-11H2,1-2H3/b16-12+. The van der Waals surface area contributed by atoms with Crippen LogP contribution in [0.15, 0.2) is 34.0 Å². The Bertz CT molecular complexity index is 1040. The van der Waals surface area contributed by atoms with E-state index in [1.54, 1.807) is 17.7 Å². The van der Waals surface area contributed by atoms with Gasteiger partial charge in [-0.25, -0.2) is 0 Å². The number of rotatable bonds is 3. The number of hydrogen-bond donors (Lipinski definition) is 0. The Kier molecular flexibility index (Phi) is 4.82. The molecule has 5 nitrogen and oxygen atoms in total. The molecule has 0 atom stereocenters. The number of para-hydroxylation sites is 1. The van der Waals surface area contributed by atoms with Crippen molar-refractivity contribution >= 4 is 56.9 Å². The molecule has 27 heavy (non-hydrogen) atoms. The van der Waals surface area contributed by atoms with Crippen LogP contribution in [0.4, 0.5) is 5.69 Å². The van der Waals surface area contributed by atoms with Crippen molar-refractivity contribution in [3.8, 4) is 0 Å². The maximum atomic E-state index is 13.4. The van der Waals surface area contributed by atoms with Gasteiger partial charge in [-0.3, -0.25) is 14.5 Å². The molecule has 7 heteroatoms. The molecule has 0 N–H and O–H groups in total. The van der Waals surface area contributed by atoms with E-state index in [-0.39, 0.29) is 11.5 Å². The van der Waals surface area contributed by atoms with Gasteiger partial charge in [0.1, 0.15) is 4.32 Å². The lowest BCUT2D eigenvalue weighted by Gasteiger charge is -2.24. The third kappa shape index (κ3) is 2.99. The Morgan fingerprint density at radius 3 is 2.52 bits per heavy atom. The summed E-state index contributed by atoms with van der Waals surface area (Å²) in [6.45, 7) is 4.40. The van der Waals surface area contributed by atoms with Crippen molar-refractivity contribution < 1.29 is 4.79 Å². The van der Waals surface area contributed by atoms with Crippen LogP contribution in [0, 0.1) is 0 Å². The van der Waals surface area contributed by atoms with Gasteiger partial charge in [0, 0.05) is 32.1 Å². The fourth-order valence-corrected chi connectivity index (χ4v) is 4.97. The first-order chi connectivity index (χ1) is 13.0. The van der Waals surface area contributed by atoms with E-state index in [1.807, 2.05) is 25.1 Å². The summed E-state index contributed by atoms with van der Waals surface area (Å²) in [4.78, 5) is 30.1. The van der Waals surface area contributed by atoms with Crippen molar-refractivity contribution in [3.63, 3.8) is 0 Å². The minimum atomic E-state index is -0.145. The summed E-state index contributed by atoms with van der Waals surface area (Å²) >= 11 is 6.50. The number of likely N-dealkylation sites (N-methyl/N-ethyl adjacent to an activating group) is 1. The molecule has 3 heterocycles. The number of benzene rings is 1. The maximum absolute atomic E-state index is 13.4. The fraction of sp³-hybridized carbons (Fsp3) is 0.350. The lowest BCUT2D eigenvalue weighted by Crippen LogP contribution is -2.28. The number of aromatic nitrogens is 1. The molecular formula is C20H21N3O2S2. The van der Waals surface area contributed by atoms with E-state index in [1.165, 1.54) is 16.7 Å². The lowest BCUT2D eigenvalue weighted by atomic mass is 10.1. The summed E-state index contributed by atoms with van der Waals surface area (Å²) in [5.74, 6) is -0.145. The predicted octanol–water partition coefficient (Wildman–Crippen LogP) is 3.45. The Hall–Kier alpha value is -2.12. The van der Waals surface area contributed by atoms with E-state index in [4.69, 9.17) is 12.2 Å². The second kappa shape index (κ2) is 7.13. The Morgan fingerprint density at radius 1 is 1.19 bits per heavy atom. The van der Waals surface area contributed by atoms with Crippen LogP contribution in [-0.4, -0.2) is 39.8 Å². The van der Waals surface area contributed by atoms with Crippen LogP contribution in [0.5, 0.6) is 0 Å². The van der Waals surface area contributed by atoms with Crippen molar-refractivity contribution in [1.82, 2.24) is 9.47 Å². The van der Waals surface area contributed by atoms with E-state index in [9.17, 15) is 9.59 Å². The van der Waals surface area contributed by atoms with Crippen molar-refractivity contribution in [3.05, 3.63) is 45.1 Å². The highest BCUT2D eigenvalue weighted by Crippen LogP contribution is 2.36. The number of thioether (sulfide) groups is 1. The first kappa shape index (κ1) is 18.3. The summed E-state index contributed by atoms with van der Waals surface area (Å²) in [5, 5.41) is 1.05. The third-order valence-corrected chi connectivity index (χ3v) is 6.67. The van der Waals surface area contributed by atoms with Gasteiger partial charge in [-0.15, -0.1) is 0 Å². The maximum Gasteiger partial charge on any atom is 0.265 e. The second-order valence-corrected chi connectivity index (χ2v) is 8.44. The van der Waals surface area contributed by atoms with E-state index < -0.39 is 0 Å². The van der Waals surface area contributed by atoms with E-state index >= 15 is 0 Å². The van der Waals surface area contributed by atoms with E-state index in [0.717, 1.165) is 42.5 Å². The summed E-state index contributed by atoms with van der Waals surface area (Å²) in [6, 6.07) is 8.03. The fourth-order valence-electron chi connectivity index (χ4n) is 3.81. The molecule has 2 saturated heterocycles. The van der Waals surface area contributed by atoms with Gasteiger partial charge in [0.05, 0.1) is 21.7 Å². The average molecular weight is 400 g/mol. The largest absolute Gasteiger partial charge is 0.370 e. The SMILES string of the molecule is CCn1c(=O)c(/C=C2/SC(=S)N(C)C2=O)c(N2CCCC2)c2ccccc21. The number of hydrogen-bond acceptors (Lipinski definition) is 5. The number of thiocarbonyl (C=S) groups is 1. The number of aryl methyl sites for hydroxylation is 1. The van der Waals surface area contributed by atoms with Gasteiger partial charge < -0.3 is 9.47 Å². The Morgan fingerprint density at radius 2 is 1.89 bits per heavy atom. The molecule has 2 aliphatic heterocycles. The third-order valence-electron chi connectivity index (χ3n) is 5.18. The molecular weight excluding hydrogens is 378 g/mol. The zero-order chi connectivity index (χ0) is 19.1. The Labute approximate surface area is 167 Å². The van der Waals surface area contributed by atoms with Crippen LogP contribution in [0.25, 0.3) is 17.0 Å². The zero-order valence-corrected chi connectivity index (χ0v) is 17.0. The number of pyridine rings is 1. The highest BCUT2D eigenvalue weighted by Gasteiger charge is 2.30. The van der Waals surface area contributed by atoms with Gasteiger partial charge in [-0.1, -0.05) is 42.2 Å². The molecule has 1 aromatic heterocycles. The highest BCUT2D eigenvalue weighted by atomic mass is 32.2. The van der Waals surface area contributed by atoms with E-state index in [2.05, 4.69) is 11.0 Å². The molecule has 1 aromatic carbocycles. The summed E-state index contributed by atoms with van der Waals surface area (Å²) in [5.41, 5.74) is 2.41. The summed E-state index contributed by atoms with van der Waals surface area (Å²) in [6.07, 6.45) is 3.97. The number of carbonyl (C=O) groups excluding carboxylic acids is 1. The first-order valence-corrected chi connectivity index (χ1v) is 10.4. The average Bonchev–Trinajstić information content (AvgIpc) is 3.28. The predicted molar refractivity (Wildman–Crippen MR) is 116 cm³/mol. The molecule has 0 spiro atoms. The molecule has 0 saturated carbocycles. The summed E-state index contributed by atoms with van der Waals surface area (Å²) in [7, 11) is 1.67. The molecule has 0 radical (unpaired) electrons. The number of anilines is 1. The molecule has 4 rings (SSSR count). The molecule has 2 aromatic rings. The van der Waals surface area contributed by atoms with Gasteiger partial charge in [0.25, 0.3) is 11.5 Å². The highest BCUT2D eigenvalue weighted by molar-refractivity contribution is 8.26. The Balaban J connectivity index is 2.03. The first-order valence-electron chi connectivity index (χ1n) is 9.15. The van der Waals surface area contributed by atoms with Crippen molar-refractivity contribution in [2.45, 2.75) is 26.3 Å². The van der Waals surface area contributed by atoms with Gasteiger partial charge in [0.2, 0.25) is 0 Å². The molecule has 0 bridgehead atoms. The van der Waals surface area contributed by atoms with Crippen LogP contribution in [-0.2, 0) is 11.3 Å². The van der Waals surface area contributed by atoms with Crippen molar-refractivity contribution in [2.24, 2.45) is 0 Å². The number of fused-ring (bicyclic) bond motifs is 1. The second-order valence-electron chi connectivity index (χ2n) is 6.76. The quantitative estimate of drug-likeness (QED) is 0.584. The molecule has 0 unspecified atom stereocenters. The van der Waals surface area contributed by atoms with Crippen LogP contribution >= 0.6 is 24.0 Å². The zero-order valence-electron chi connectivity index (χ0n) is 15.4. The lowest BCUT2D eigenvalue weighted by molar-refractivity contribution is -0.121. The minimum absolute atomic E-state index is 0.0560. The number of carbonyl (C=O) groups is 1. The molecule has 2 aliphatic rings. The monoisotopic (exact) mass is 399 g/mol. The van der Waals surface area contributed by atoms with Crippen LogP contribution in [0.1, 0.15) is 25.3 Å². The molecule has 1 amide bonds. The minimum Gasteiger partial charge on any atom is -0.370 e. The van der Waals surface area contributed by atoms with Gasteiger partial charge in [0.15, 0.2) is 0 Å². The molecule has 0 aliphatic carbocycles. The van der Waals surface area contributed by atoms with Crippen molar-refractivity contribution in [1.29, 1.82) is 0 Å². The van der Waals surface area contributed by atoms with Crippen LogP contribution in [0.2, 0.25) is 0 Å². The molecule has 140 valence electrons. The number of nitrogens with zero attached hydrogens (tertiary/aromatic N) is 3. The van der Waals surface area contributed by atoms with Gasteiger partial charge in [-0.2, -0.15) is 0 Å². The van der Waals surface area contributed by atoms with Crippen molar-refractivity contribution in [2.75, 3.05) is 25.0 Å². The van der Waals surface area contributed by atoms with Crippen LogP contribution < -0.4 is 10.5 Å². The normalized spacial score (nSPS) is 19.1. The van der Waals surface area contributed by atoms with Gasteiger partial charge >= 0.3 is 0 Å². The smallest absolute Gasteiger partial charge is 0.265 e. The van der Waals surface area contributed by atoms with Crippen LogP contribution in [0.3, 0.4) is 0 Å². The van der Waals surface area contributed by atoms with Gasteiger partial charge in [-0.05, 0) is 31.9 Å². The topological polar surface area (TPSA) is 45.6 Å². The summed E-state index contributed by atoms with van der Waals surface area (Å²) < 4.78 is 2.30. The van der Waals surface area contributed by atoms with E-state index in [0.29, 0.717) is 21.3 Å².